The second kappa shape index (κ2) is 8.20. The summed E-state index contributed by atoms with van der Waals surface area (Å²) in [4.78, 5) is 18.7. The fourth-order valence-corrected chi connectivity index (χ4v) is 4.75. The van der Waals surface area contributed by atoms with Crippen molar-refractivity contribution in [3.8, 4) is 0 Å². The minimum absolute atomic E-state index is 0.0640. The minimum atomic E-state index is 0.0640. The van der Waals surface area contributed by atoms with Crippen LogP contribution in [0.1, 0.15) is 23.8 Å². The van der Waals surface area contributed by atoms with Gasteiger partial charge < -0.3 is 15.0 Å². The zero-order valence-electron chi connectivity index (χ0n) is 14.9. The van der Waals surface area contributed by atoms with Crippen molar-refractivity contribution in [3.63, 3.8) is 0 Å². The van der Waals surface area contributed by atoms with E-state index in [0.29, 0.717) is 12.6 Å². The van der Waals surface area contributed by atoms with Crippen LogP contribution in [-0.2, 0) is 9.53 Å². The summed E-state index contributed by atoms with van der Waals surface area (Å²) in [6, 6.07) is 12.7. The van der Waals surface area contributed by atoms with Crippen molar-refractivity contribution in [2.75, 3.05) is 49.6 Å². The summed E-state index contributed by atoms with van der Waals surface area (Å²) >= 11 is 1.78. The molecule has 138 valence electrons. The van der Waals surface area contributed by atoms with Gasteiger partial charge in [0.15, 0.2) is 0 Å². The standard InChI is InChI=1S/C20H25N3O2S/c24-20(15-23-9-3-7-18(23)19-8-4-14-26-19)21-16-5-1-2-6-17(16)22-10-12-25-13-11-22/h1-2,4-6,8,14,18H,3,7,9-13,15H2,(H,21,24)/t18-/m0/s1. The number of anilines is 2. The van der Waals surface area contributed by atoms with E-state index in [1.54, 1.807) is 11.3 Å². The number of likely N-dealkylation sites (tertiary alicyclic amines) is 1. The smallest absolute Gasteiger partial charge is 0.238 e. The molecule has 0 saturated carbocycles. The second-order valence-electron chi connectivity index (χ2n) is 6.81. The molecule has 1 aromatic carbocycles. The Morgan fingerprint density at radius 2 is 2.00 bits per heavy atom. The molecular formula is C20H25N3O2S. The van der Waals surface area contributed by atoms with Crippen LogP contribution in [0.15, 0.2) is 41.8 Å². The summed E-state index contributed by atoms with van der Waals surface area (Å²) < 4.78 is 5.44. The first-order valence-electron chi connectivity index (χ1n) is 9.30. The van der Waals surface area contributed by atoms with Crippen LogP contribution >= 0.6 is 11.3 Å². The molecule has 2 aromatic rings. The van der Waals surface area contributed by atoms with E-state index in [1.807, 2.05) is 18.2 Å². The molecule has 0 aliphatic carbocycles. The lowest BCUT2D eigenvalue weighted by Gasteiger charge is -2.30. The Bertz CT molecular complexity index is 728. The number of hydrogen-bond donors (Lipinski definition) is 1. The first-order valence-corrected chi connectivity index (χ1v) is 10.2. The number of carbonyl (C=O) groups is 1. The quantitative estimate of drug-likeness (QED) is 0.875. The average Bonchev–Trinajstić information content (AvgIpc) is 3.34. The van der Waals surface area contributed by atoms with E-state index in [0.717, 1.165) is 57.1 Å². The molecule has 1 aromatic heterocycles. The van der Waals surface area contributed by atoms with Gasteiger partial charge in [-0.1, -0.05) is 18.2 Å². The molecule has 4 rings (SSSR count). The summed E-state index contributed by atoms with van der Waals surface area (Å²) in [5.74, 6) is 0.0640. The maximum absolute atomic E-state index is 12.7. The molecule has 2 fully saturated rings. The van der Waals surface area contributed by atoms with Crippen molar-refractivity contribution in [3.05, 3.63) is 46.7 Å². The number of morpholine rings is 1. The van der Waals surface area contributed by atoms with E-state index in [-0.39, 0.29) is 5.91 Å². The molecular weight excluding hydrogens is 346 g/mol. The Hall–Kier alpha value is -1.89. The molecule has 0 spiro atoms. The predicted molar refractivity (Wildman–Crippen MR) is 106 cm³/mol. The van der Waals surface area contributed by atoms with Crippen LogP contribution in [0, 0.1) is 0 Å². The van der Waals surface area contributed by atoms with Gasteiger partial charge in [0.2, 0.25) is 5.91 Å². The number of rotatable bonds is 5. The van der Waals surface area contributed by atoms with E-state index < -0.39 is 0 Å². The Labute approximate surface area is 158 Å². The largest absolute Gasteiger partial charge is 0.378 e. The van der Waals surface area contributed by atoms with Gasteiger partial charge in [-0.15, -0.1) is 11.3 Å². The van der Waals surface area contributed by atoms with Crippen LogP contribution in [0.3, 0.4) is 0 Å². The zero-order chi connectivity index (χ0) is 17.8. The van der Waals surface area contributed by atoms with Gasteiger partial charge in [-0.3, -0.25) is 9.69 Å². The lowest BCUT2D eigenvalue weighted by molar-refractivity contribution is -0.117. The van der Waals surface area contributed by atoms with Crippen molar-refractivity contribution in [2.24, 2.45) is 0 Å². The fraction of sp³-hybridized carbons (Fsp3) is 0.450. The molecule has 0 bridgehead atoms. The van der Waals surface area contributed by atoms with Gasteiger partial charge in [0.25, 0.3) is 0 Å². The van der Waals surface area contributed by atoms with Crippen LogP contribution in [0.2, 0.25) is 0 Å². The molecule has 5 nitrogen and oxygen atoms in total. The molecule has 2 aliphatic heterocycles. The van der Waals surface area contributed by atoms with E-state index in [1.165, 1.54) is 4.88 Å². The van der Waals surface area contributed by atoms with Crippen LogP contribution in [-0.4, -0.2) is 50.2 Å². The Kier molecular flexibility index (Phi) is 5.53. The lowest BCUT2D eigenvalue weighted by Crippen LogP contribution is -2.37. The summed E-state index contributed by atoms with van der Waals surface area (Å²) in [7, 11) is 0. The molecule has 1 atom stereocenters. The number of para-hydroxylation sites is 2. The van der Waals surface area contributed by atoms with Gasteiger partial charge in [0.1, 0.15) is 0 Å². The van der Waals surface area contributed by atoms with E-state index >= 15 is 0 Å². The van der Waals surface area contributed by atoms with Gasteiger partial charge in [-0.05, 0) is 43.0 Å². The third-order valence-corrected chi connectivity index (χ3v) is 6.09. The van der Waals surface area contributed by atoms with Crippen LogP contribution in [0.5, 0.6) is 0 Å². The number of ether oxygens (including phenoxy) is 1. The topological polar surface area (TPSA) is 44.8 Å². The number of thiophene rings is 1. The van der Waals surface area contributed by atoms with Crippen molar-refractivity contribution in [2.45, 2.75) is 18.9 Å². The van der Waals surface area contributed by atoms with Crippen LogP contribution in [0.4, 0.5) is 11.4 Å². The molecule has 0 radical (unpaired) electrons. The van der Waals surface area contributed by atoms with Crippen molar-refractivity contribution < 1.29 is 9.53 Å². The molecule has 2 saturated heterocycles. The number of nitrogens with zero attached hydrogens (tertiary/aromatic N) is 2. The lowest BCUT2D eigenvalue weighted by atomic mass is 10.2. The first-order chi connectivity index (χ1) is 12.8. The minimum Gasteiger partial charge on any atom is -0.378 e. The van der Waals surface area contributed by atoms with Crippen molar-refractivity contribution >= 4 is 28.6 Å². The monoisotopic (exact) mass is 371 g/mol. The van der Waals surface area contributed by atoms with Gasteiger partial charge in [0.05, 0.1) is 31.1 Å². The van der Waals surface area contributed by atoms with Crippen molar-refractivity contribution in [1.82, 2.24) is 4.90 Å². The van der Waals surface area contributed by atoms with Gasteiger partial charge in [-0.25, -0.2) is 0 Å². The number of amides is 1. The normalized spacial score (nSPS) is 21.1. The third-order valence-electron chi connectivity index (χ3n) is 5.11. The molecule has 6 heteroatoms. The summed E-state index contributed by atoms with van der Waals surface area (Å²) in [5, 5.41) is 5.26. The van der Waals surface area contributed by atoms with E-state index in [4.69, 9.17) is 4.74 Å². The predicted octanol–water partition coefficient (Wildman–Crippen LogP) is 3.36. The highest BCUT2D eigenvalue weighted by atomic mass is 32.1. The maximum atomic E-state index is 12.7. The SMILES string of the molecule is O=C(CN1CCC[C@H]1c1cccs1)Nc1ccccc1N1CCOCC1. The van der Waals surface area contributed by atoms with Crippen LogP contribution < -0.4 is 10.2 Å². The average molecular weight is 372 g/mol. The fourth-order valence-electron chi connectivity index (χ4n) is 3.85. The Morgan fingerprint density at radius 3 is 2.81 bits per heavy atom. The second-order valence-corrected chi connectivity index (χ2v) is 7.79. The summed E-state index contributed by atoms with van der Waals surface area (Å²) in [5.41, 5.74) is 1.98. The molecule has 1 amide bonds. The third kappa shape index (κ3) is 3.92. The van der Waals surface area contributed by atoms with Gasteiger partial charge in [0, 0.05) is 24.0 Å². The number of hydrogen-bond acceptors (Lipinski definition) is 5. The summed E-state index contributed by atoms with van der Waals surface area (Å²) in [6.45, 7) is 4.62. The highest BCUT2D eigenvalue weighted by molar-refractivity contribution is 7.10. The van der Waals surface area contributed by atoms with Gasteiger partial charge >= 0.3 is 0 Å². The molecule has 0 unspecified atom stereocenters. The highest BCUT2D eigenvalue weighted by Gasteiger charge is 2.28. The molecule has 3 heterocycles. The maximum Gasteiger partial charge on any atom is 0.238 e. The van der Waals surface area contributed by atoms with E-state index in [2.05, 4.69) is 38.7 Å². The summed E-state index contributed by atoms with van der Waals surface area (Å²) in [6.07, 6.45) is 2.29. The Balaban J connectivity index is 1.42. The van der Waals surface area contributed by atoms with Crippen molar-refractivity contribution in [1.29, 1.82) is 0 Å². The highest BCUT2D eigenvalue weighted by Crippen LogP contribution is 2.34. The number of carbonyl (C=O) groups excluding carboxylic acids is 1. The number of nitrogens with one attached hydrogen (secondary N) is 1. The number of benzene rings is 1. The van der Waals surface area contributed by atoms with E-state index in [9.17, 15) is 4.79 Å². The Morgan fingerprint density at radius 1 is 1.15 bits per heavy atom. The first kappa shape index (κ1) is 17.5. The zero-order valence-corrected chi connectivity index (χ0v) is 15.7. The van der Waals surface area contributed by atoms with Crippen LogP contribution in [0.25, 0.3) is 0 Å². The molecule has 2 aliphatic rings. The van der Waals surface area contributed by atoms with Gasteiger partial charge in [-0.2, -0.15) is 0 Å². The molecule has 1 N–H and O–H groups in total. The molecule has 26 heavy (non-hydrogen) atoms.